The Morgan fingerprint density at radius 3 is 2.73 bits per heavy atom. The van der Waals surface area contributed by atoms with Gasteiger partial charge in [0.15, 0.2) is 11.5 Å². The standard InChI is InChI=1S/C22H17FN4O3/c1-29-19-5-4-16(11-20(19)30-13-14-3-2-6-24-12-14)27-22(28)17-9-15(23)10-18-21(17)26-8-7-25-18/h2-12H,13H2,1H3,(H,27,28). The summed E-state index contributed by atoms with van der Waals surface area (Å²) in [6.45, 7) is 0.283. The molecule has 0 saturated heterocycles. The molecule has 0 radical (unpaired) electrons. The number of carbonyl (C=O) groups is 1. The fourth-order valence-electron chi connectivity index (χ4n) is 2.92. The third-order valence-electron chi connectivity index (χ3n) is 4.32. The Bertz CT molecular complexity index is 1200. The lowest BCUT2D eigenvalue weighted by Crippen LogP contribution is -2.13. The molecule has 0 spiro atoms. The van der Waals surface area contributed by atoms with Gasteiger partial charge in [0.2, 0.25) is 0 Å². The number of benzene rings is 2. The van der Waals surface area contributed by atoms with Gasteiger partial charge < -0.3 is 14.8 Å². The minimum Gasteiger partial charge on any atom is -0.493 e. The van der Waals surface area contributed by atoms with Gasteiger partial charge in [0, 0.05) is 48.2 Å². The molecule has 2 aromatic carbocycles. The lowest BCUT2D eigenvalue weighted by Gasteiger charge is -2.13. The molecule has 1 N–H and O–H groups in total. The van der Waals surface area contributed by atoms with Crippen molar-refractivity contribution in [3.05, 3.63) is 84.2 Å². The third-order valence-corrected chi connectivity index (χ3v) is 4.32. The molecule has 2 aromatic heterocycles. The zero-order valence-corrected chi connectivity index (χ0v) is 16.0. The zero-order valence-electron chi connectivity index (χ0n) is 16.0. The summed E-state index contributed by atoms with van der Waals surface area (Å²) in [5, 5.41) is 2.75. The van der Waals surface area contributed by atoms with E-state index >= 15 is 0 Å². The van der Waals surface area contributed by atoms with Crippen LogP contribution < -0.4 is 14.8 Å². The number of halogens is 1. The highest BCUT2D eigenvalue weighted by Crippen LogP contribution is 2.31. The van der Waals surface area contributed by atoms with Crippen LogP contribution in [-0.4, -0.2) is 28.0 Å². The SMILES string of the molecule is COc1ccc(NC(=O)c2cc(F)cc3nccnc23)cc1OCc1cccnc1. The summed E-state index contributed by atoms with van der Waals surface area (Å²) in [4.78, 5) is 25.1. The molecule has 0 atom stereocenters. The molecular weight excluding hydrogens is 387 g/mol. The minimum atomic E-state index is -0.566. The van der Waals surface area contributed by atoms with Gasteiger partial charge in [-0.2, -0.15) is 0 Å². The maximum absolute atomic E-state index is 13.9. The predicted molar refractivity (Wildman–Crippen MR) is 109 cm³/mol. The zero-order chi connectivity index (χ0) is 20.9. The molecule has 150 valence electrons. The summed E-state index contributed by atoms with van der Waals surface area (Å²) >= 11 is 0. The van der Waals surface area contributed by atoms with E-state index in [9.17, 15) is 9.18 Å². The number of pyridine rings is 1. The molecule has 0 aliphatic carbocycles. The Morgan fingerprint density at radius 2 is 1.93 bits per heavy atom. The highest BCUT2D eigenvalue weighted by atomic mass is 19.1. The van der Waals surface area contributed by atoms with E-state index in [1.54, 1.807) is 30.6 Å². The number of ether oxygens (including phenoxy) is 2. The molecule has 8 heteroatoms. The van der Waals surface area contributed by atoms with E-state index in [4.69, 9.17) is 9.47 Å². The second-order valence-electron chi connectivity index (χ2n) is 6.35. The van der Waals surface area contributed by atoms with Crippen molar-refractivity contribution in [2.75, 3.05) is 12.4 Å². The summed E-state index contributed by atoms with van der Waals surface area (Å²) in [5.41, 5.74) is 2.06. The van der Waals surface area contributed by atoms with Crippen LogP contribution in [0.15, 0.2) is 67.3 Å². The van der Waals surface area contributed by atoms with E-state index in [-0.39, 0.29) is 12.2 Å². The number of fused-ring (bicyclic) bond motifs is 1. The van der Waals surface area contributed by atoms with Crippen molar-refractivity contribution in [3.63, 3.8) is 0 Å². The number of carbonyl (C=O) groups excluding carboxylic acids is 1. The number of amides is 1. The highest BCUT2D eigenvalue weighted by Gasteiger charge is 2.15. The van der Waals surface area contributed by atoms with Crippen LogP contribution in [0.25, 0.3) is 11.0 Å². The Morgan fingerprint density at radius 1 is 1.07 bits per heavy atom. The lowest BCUT2D eigenvalue weighted by molar-refractivity contribution is 0.102. The average molecular weight is 404 g/mol. The maximum Gasteiger partial charge on any atom is 0.258 e. The number of anilines is 1. The number of nitrogens with one attached hydrogen (secondary N) is 1. The summed E-state index contributed by atoms with van der Waals surface area (Å²) in [6, 6.07) is 11.1. The number of aromatic nitrogens is 3. The van der Waals surface area contributed by atoms with Gasteiger partial charge in [0.05, 0.1) is 18.2 Å². The van der Waals surface area contributed by atoms with E-state index in [2.05, 4.69) is 20.3 Å². The van der Waals surface area contributed by atoms with E-state index in [1.165, 1.54) is 25.6 Å². The van der Waals surface area contributed by atoms with Gasteiger partial charge in [-0.3, -0.25) is 19.7 Å². The maximum atomic E-state index is 13.9. The van der Waals surface area contributed by atoms with Crippen molar-refractivity contribution < 1.29 is 18.7 Å². The monoisotopic (exact) mass is 404 g/mol. The molecule has 0 unspecified atom stereocenters. The van der Waals surface area contributed by atoms with Crippen molar-refractivity contribution >= 4 is 22.6 Å². The molecule has 4 rings (SSSR count). The van der Waals surface area contributed by atoms with Gasteiger partial charge in [-0.1, -0.05) is 6.07 Å². The average Bonchev–Trinajstić information content (AvgIpc) is 2.78. The van der Waals surface area contributed by atoms with Crippen LogP contribution in [0.4, 0.5) is 10.1 Å². The van der Waals surface area contributed by atoms with Crippen LogP contribution in [0, 0.1) is 5.82 Å². The van der Waals surface area contributed by atoms with Crippen LogP contribution in [0.5, 0.6) is 11.5 Å². The first-order chi connectivity index (χ1) is 14.6. The number of hydrogen-bond acceptors (Lipinski definition) is 6. The molecule has 2 heterocycles. The Labute approximate surface area is 171 Å². The van der Waals surface area contributed by atoms with Gasteiger partial charge in [0.1, 0.15) is 17.9 Å². The van der Waals surface area contributed by atoms with E-state index in [1.807, 2.05) is 12.1 Å². The topological polar surface area (TPSA) is 86.2 Å². The first-order valence-corrected chi connectivity index (χ1v) is 9.05. The fourth-order valence-corrected chi connectivity index (χ4v) is 2.92. The molecule has 0 aliphatic rings. The normalized spacial score (nSPS) is 10.6. The van der Waals surface area contributed by atoms with Crippen LogP contribution in [0.2, 0.25) is 0 Å². The van der Waals surface area contributed by atoms with Crippen molar-refractivity contribution in [2.45, 2.75) is 6.61 Å². The predicted octanol–water partition coefficient (Wildman–Crippen LogP) is 4.00. The Kier molecular flexibility index (Phi) is 5.47. The number of rotatable bonds is 6. The minimum absolute atomic E-state index is 0.0896. The number of methoxy groups -OCH3 is 1. The van der Waals surface area contributed by atoms with E-state index in [0.29, 0.717) is 28.2 Å². The van der Waals surface area contributed by atoms with Crippen molar-refractivity contribution in [1.82, 2.24) is 15.0 Å². The fraction of sp³-hybridized carbons (Fsp3) is 0.0909. The molecule has 30 heavy (non-hydrogen) atoms. The van der Waals surface area contributed by atoms with Gasteiger partial charge in [-0.15, -0.1) is 0 Å². The molecule has 1 amide bonds. The quantitative estimate of drug-likeness (QED) is 0.523. The first kappa shape index (κ1) is 19.3. The molecule has 0 saturated carbocycles. The van der Waals surface area contributed by atoms with Gasteiger partial charge >= 0.3 is 0 Å². The summed E-state index contributed by atoms with van der Waals surface area (Å²) in [5.74, 6) is -0.117. The van der Waals surface area contributed by atoms with Crippen LogP contribution >= 0.6 is 0 Å². The van der Waals surface area contributed by atoms with Crippen molar-refractivity contribution in [3.8, 4) is 11.5 Å². The second-order valence-corrected chi connectivity index (χ2v) is 6.35. The summed E-state index contributed by atoms with van der Waals surface area (Å²) in [6.07, 6.45) is 6.28. The third kappa shape index (κ3) is 4.17. The molecule has 4 aromatic rings. The van der Waals surface area contributed by atoms with Gasteiger partial charge in [-0.25, -0.2) is 4.39 Å². The van der Waals surface area contributed by atoms with Gasteiger partial charge in [0.25, 0.3) is 5.91 Å². The van der Waals surface area contributed by atoms with Crippen molar-refractivity contribution in [2.24, 2.45) is 0 Å². The molecule has 0 fully saturated rings. The number of nitrogens with zero attached hydrogens (tertiary/aromatic N) is 3. The van der Waals surface area contributed by atoms with Crippen LogP contribution in [0.1, 0.15) is 15.9 Å². The molecule has 0 aliphatic heterocycles. The molecule has 0 bridgehead atoms. The molecular formula is C22H17FN4O3. The summed E-state index contributed by atoms with van der Waals surface area (Å²) in [7, 11) is 1.53. The van der Waals surface area contributed by atoms with E-state index in [0.717, 1.165) is 11.6 Å². The molecule has 7 nitrogen and oxygen atoms in total. The van der Waals surface area contributed by atoms with Crippen LogP contribution in [0.3, 0.4) is 0 Å². The highest BCUT2D eigenvalue weighted by molar-refractivity contribution is 6.11. The van der Waals surface area contributed by atoms with Gasteiger partial charge in [-0.05, 0) is 24.3 Å². The van der Waals surface area contributed by atoms with E-state index < -0.39 is 11.7 Å². The summed E-state index contributed by atoms with van der Waals surface area (Å²) < 4.78 is 25.1. The van der Waals surface area contributed by atoms with Crippen LogP contribution in [-0.2, 0) is 6.61 Å². The van der Waals surface area contributed by atoms with Crippen molar-refractivity contribution in [1.29, 1.82) is 0 Å². The Balaban J connectivity index is 1.58. The lowest BCUT2D eigenvalue weighted by atomic mass is 10.1. The Hall–Kier alpha value is -4.07. The smallest absolute Gasteiger partial charge is 0.258 e. The number of hydrogen-bond donors (Lipinski definition) is 1. The second kappa shape index (κ2) is 8.52. The first-order valence-electron chi connectivity index (χ1n) is 9.05. The largest absolute Gasteiger partial charge is 0.493 e.